The molecule has 1 aliphatic rings. The minimum Gasteiger partial charge on any atom is -0.341 e. The second kappa shape index (κ2) is 8.32. The topological polar surface area (TPSA) is 73.5 Å². The van der Waals surface area contributed by atoms with Crippen molar-refractivity contribution in [3.05, 3.63) is 0 Å². The van der Waals surface area contributed by atoms with E-state index in [1.165, 1.54) is 7.05 Å². The largest absolute Gasteiger partial charge is 0.341 e. The maximum Gasteiger partial charge on any atom is 0.321 e. The van der Waals surface area contributed by atoms with Crippen molar-refractivity contribution in [2.24, 2.45) is 0 Å². The van der Waals surface area contributed by atoms with Crippen LogP contribution >= 0.6 is 12.4 Å². The van der Waals surface area contributed by atoms with E-state index in [0.717, 1.165) is 32.6 Å². The minimum atomic E-state index is -0.451. The Kier molecular flexibility index (Phi) is 7.88. The van der Waals surface area contributed by atoms with Gasteiger partial charge in [-0.25, -0.2) is 4.79 Å². The first-order valence-corrected chi connectivity index (χ1v) is 5.17. The molecule has 3 amide bonds. The summed E-state index contributed by atoms with van der Waals surface area (Å²) in [6.07, 6.45) is 1.03. The highest BCUT2D eigenvalue weighted by Gasteiger charge is 2.13. The SMILES string of the molecule is CNC(=O)NC(=O)CN1CCCNCC1.Cl. The highest BCUT2D eigenvalue weighted by atomic mass is 35.5. The number of hydrogen-bond acceptors (Lipinski definition) is 4. The molecule has 1 fully saturated rings. The van der Waals surface area contributed by atoms with Gasteiger partial charge in [0.1, 0.15) is 0 Å². The first-order chi connectivity index (χ1) is 7.22. The number of carbonyl (C=O) groups is 2. The smallest absolute Gasteiger partial charge is 0.321 e. The molecule has 7 heteroatoms. The van der Waals surface area contributed by atoms with Gasteiger partial charge in [-0.2, -0.15) is 0 Å². The number of halogens is 1. The van der Waals surface area contributed by atoms with E-state index in [4.69, 9.17) is 0 Å². The zero-order chi connectivity index (χ0) is 11.1. The van der Waals surface area contributed by atoms with E-state index >= 15 is 0 Å². The van der Waals surface area contributed by atoms with Crippen molar-refractivity contribution in [3.8, 4) is 0 Å². The number of nitrogens with zero attached hydrogens (tertiary/aromatic N) is 1. The third kappa shape index (κ3) is 5.89. The summed E-state index contributed by atoms with van der Waals surface area (Å²) in [5, 5.41) is 7.84. The van der Waals surface area contributed by atoms with Crippen molar-refractivity contribution < 1.29 is 9.59 Å². The van der Waals surface area contributed by atoms with Gasteiger partial charge in [0.05, 0.1) is 6.54 Å². The molecule has 1 aliphatic heterocycles. The minimum absolute atomic E-state index is 0. The Balaban J connectivity index is 0.00000225. The fourth-order valence-electron chi connectivity index (χ4n) is 1.49. The van der Waals surface area contributed by atoms with Crippen LogP contribution in [0.4, 0.5) is 4.79 Å². The number of imide groups is 1. The first kappa shape index (κ1) is 15.2. The van der Waals surface area contributed by atoms with Crippen LogP contribution in [-0.4, -0.2) is 56.6 Å². The van der Waals surface area contributed by atoms with Crippen LogP contribution in [0.1, 0.15) is 6.42 Å². The third-order valence-electron chi connectivity index (χ3n) is 2.28. The fraction of sp³-hybridized carbons (Fsp3) is 0.778. The second-order valence-corrected chi connectivity index (χ2v) is 3.51. The summed E-state index contributed by atoms with van der Waals surface area (Å²) in [4.78, 5) is 24.3. The van der Waals surface area contributed by atoms with Crippen molar-refractivity contribution >= 4 is 24.3 Å². The Bertz CT molecular complexity index is 230. The molecule has 0 spiro atoms. The van der Waals surface area contributed by atoms with Crippen LogP contribution in [0.3, 0.4) is 0 Å². The van der Waals surface area contributed by atoms with Gasteiger partial charge < -0.3 is 10.6 Å². The monoisotopic (exact) mass is 250 g/mol. The maximum absolute atomic E-state index is 11.4. The van der Waals surface area contributed by atoms with Crippen LogP contribution in [-0.2, 0) is 4.79 Å². The molecule has 1 saturated heterocycles. The molecule has 0 unspecified atom stereocenters. The standard InChI is InChI=1S/C9H18N4O2.ClH/c1-10-9(15)12-8(14)7-13-5-2-3-11-4-6-13;/h11H,2-7H2,1H3,(H2,10,12,14,15);1H. The van der Waals surface area contributed by atoms with Crippen LogP contribution in [0.25, 0.3) is 0 Å². The molecule has 0 aromatic heterocycles. The van der Waals surface area contributed by atoms with Gasteiger partial charge >= 0.3 is 6.03 Å². The van der Waals surface area contributed by atoms with E-state index in [-0.39, 0.29) is 24.9 Å². The number of carbonyl (C=O) groups excluding carboxylic acids is 2. The van der Waals surface area contributed by atoms with Crippen molar-refractivity contribution in [1.82, 2.24) is 20.9 Å². The van der Waals surface area contributed by atoms with Crippen LogP contribution < -0.4 is 16.0 Å². The molecule has 1 heterocycles. The van der Waals surface area contributed by atoms with Gasteiger partial charge in [-0.1, -0.05) is 0 Å². The summed E-state index contributed by atoms with van der Waals surface area (Å²) >= 11 is 0. The van der Waals surface area contributed by atoms with Crippen molar-refractivity contribution in [2.45, 2.75) is 6.42 Å². The summed E-state index contributed by atoms with van der Waals surface area (Å²) in [5.74, 6) is -0.253. The molecule has 0 aliphatic carbocycles. The molecule has 0 aromatic carbocycles. The Morgan fingerprint density at radius 2 is 2.06 bits per heavy atom. The molecular formula is C9H19ClN4O2. The van der Waals surface area contributed by atoms with E-state index in [0.29, 0.717) is 0 Å². The Labute approximate surface area is 102 Å². The van der Waals surface area contributed by atoms with Gasteiger partial charge in [0.25, 0.3) is 0 Å². The summed E-state index contributed by atoms with van der Waals surface area (Å²) in [7, 11) is 1.48. The van der Waals surface area contributed by atoms with Crippen LogP contribution in [0.5, 0.6) is 0 Å². The quantitative estimate of drug-likeness (QED) is 0.598. The predicted octanol–water partition coefficient (Wildman–Crippen LogP) is -0.841. The lowest BCUT2D eigenvalue weighted by atomic mass is 10.4. The van der Waals surface area contributed by atoms with Gasteiger partial charge in [0, 0.05) is 20.1 Å². The number of amides is 3. The maximum atomic E-state index is 11.4. The van der Waals surface area contributed by atoms with Crippen LogP contribution in [0.2, 0.25) is 0 Å². The van der Waals surface area contributed by atoms with Crippen LogP contribution in [0, 0.1) is 0 Å². The lowest BCUT2D eigenvalue weighted by molar-refractivity contribution is -0.121. The molecule has 0 aromatic rings. The molecule has 0 saturated carbocycles. The lowest BCUT2D eigenvalue weighted by Gasteiger charge is -2.18. The van der Waals surface area contributed by atoms with Gasteiger partial charge in [-0.15, -0.1) is 12.4 Å². The molecule has 6 nitrogen and oxygen atoms in total. The van der Waals surface area contributed by atoms with Gasteiger partial charge in [0.15, 0.2) is 0 Å². The van der Waals surface area contributed by atoms with Gasteiger partial charge in [-0.05, 0) is 19.5 Å². The molecular weight excluding hydrogens is 232 g/mol. The summed E-state index contributed by atoms with van der Waals surface area (Å²) < 4.78 is 0. The van der Waals surface area contributed by atoms with Crippen LogP contribution in [0.15, 0.2) is 0 Å². The van der Waals surface area contributed by atoms with E-state index in [1.54, 1.807) is 0 Å². The van der Waals surface area contributed by atoms with E-state index < -0.39 is 6.03 Å². The van der Waals surface area contributed by atoms with Crippen molar-refractivity contribution in [1.29, 1.82) is 0 Å². The number of nitrogens with one attached hydrogen (secondary N) is 3. The Morgan fingerprint density at radius 3 is 2.75 bits per heavy atom. The average molecular weight is 251 g/mol. The van der Waals surface area contributed by atoms with Gasteiger partial charge in [0.2, 0.25) is 5.91 Å². The molecule has 0 bridgehead atoms. The second-order valence-electron chi connectivity index (χ2n) is 3.51. The summed E-state index contributed by atoms with van der Waals surface area (Å²) in [6, 6.07) is -0.451. The summed E-state index contributed by atoms with van der Waals surface area (Å²) in [5.41, 5.74) is 0. The first-order valence-electron chi connectivity index (χ1n) is 5.17. The average Bonchev–Trinajstić information content (AvgIpc) is 2.46. The molecule has 0 atom stereocenters. The van der Waals surface area contributed by atoms with Crippen molar-refractivity contribution in [2.75, 3.05) is 39.8 Å². The highest BCUT2D eigenvalue weighted by molar-refractivity contribution is 5.95. The molecule has 3 N–H and O–H groups in total. The molecule has 94 valence electrons. The Hall–Kier alpha value is -0.850. The van der Waals surface area contributed by atoms with E-state index in [9.17, 15) is 9.59 Å². The fourth-order valence-corrected chi connectivity index (χ4v) is 1.49. The Morgan fingerprint density at radius 1 is 1.31 bits per heavy atom. The predicted molar refractivity (Wildman–Crippen MR) is 63.8 cm³/mol. The summed E-state index contributed by atoms with van der Waals surface area (Å²) in [6.45, 7) is 3.92. The lowest BCUT2D eigenvalue weighted by Crippen LogP contribution is -2.44. The number of hydrogen-bond donors (Lipinski definition) is 3. The zero-order valence-corrected chi connectivity index (χ0v) is 10.2. The molecule has 0 radical (unpaired) electrons. The van der Waals surface area contributed by atoms with E-state index in [1.807, 2.05) is 4.90 Å². The third-order valence-corrected chi connectivity index (χ3v) is 2.28. The van der Waals surface area contributed by atoms with E-state index in [2.05, 4.69) is 16.0 Å². The highest BCUT2D eigenvalue weighted by Crippen LogP contribution is 1.94. The van der Waals surface area contributed by atoms with Gasteiger partial charge in [-0.3, -0.25) is 15.0 Å². The number of urea groups is 1. The normalized spacial score (nSPS) is 16.8. The van der Waals surface area contributed by atoms with Crippen molar-refractivity contribution in [3.63, 3.8) is 0 Å². The molecule has 1 rings (SSSR count). The molecule has 16 heavy (non-hydrogen) atoms. The zero-order valence-electron chi connectivity index (χ0n) is 9.41. The number of rotatable bonds is 2.